The third kappa shape index (κ3) is 3.51. The van der Waals surface area contributed by atoms with Crippen LogP contribution in [0.25, 0.3) is 0 Å². The van der Waals surface area contributed by atoms with Crippen molar-refractivity contribution in [2.24, 2.45) is 16.1 Å². The van der Waals surface area contributed by atoms with Gasteiger partial charge in [0.15, 0.2) is 5.96 Å². The van der Waals surface area contributed by atoms with E-state index >= 15 is 0 Å². The molecule has 0 radical (unpaired) electrons. The Morgan fingerprint density at radius 3 is 2.12 bits per heavy atom. The topological polar surface area (TPSA) is 50.4 Å². The fourth-order valence-corrected chi connectivity index (χ4v) is 1.80. The average molecular weight is 251 g/mol. The lowest BCUT2D eigenvalue weighted by atomic mass is 9.68. The number of halogens is 3. The van der Waals surface area contributed by atoms with Crippen LogP contribution >= 0.6 is 0 Å². The van der Waals surface area contributed by atoms with Gasteiger partial charge in [-0.25, -0.2) is 0 Å². The zero-order valence-electron chi connectivity index (χ0n) is 10.5. The molecule has 1 rings (SSSR count). The van der Waals surface area contributed by atoms with Gasteiger partial charge in [0.05, 0.1) is 12.0 Å². The number of rotatable bonds is 2. The summed E-state index contributed by atoms with van der Waals surface area (Å²) in [4.78, 5) is 3.83. The van der Waals surface area contributed by atoms with Crippen LogP contribution in [0.3, 0.4) is 0 Å². The van der Waals surface area contributed by atoms with E-state index in [1.54, 1.807) is 0 Å². The fraction of sp³-hybridized carbons (Fsp3) is 0.909. The number of nitrogens with one attached hydrogen (secondary N) is 1. The van der Waals surface area contributed by atoms with Gasteiger partial charge in [-0.1, -0.05) is 6.42 Å². The molecule has 0 unspecified atom stereocenters. The van der Waals surface area contributed by atoms with Crippen LogP contribution in [0.1, 0.15) is 40.0 Å². The third-order valence-corrected chi connectivity index (χ3v) is 2.97. The molecule has 6 heteroatoms. The summed E-state index contributed by atoms with van der Waals surface area (Å²) in [6.07, 6.45) is -3.26. The normalized spacial score (nSPS) is 20.9. The monoisotopic (exact) mass is 251 g/mol. The van der Waals surface area contributed by atoms with Crippen LogP contribution in [0.4, 0.5) is 13.2 Å². The highest BCUT2D eigenvalue weighted by atomic mass is 19.4. The number of hydrogen-bond acceptors (Lipinski definition) is 1. The van der Waals surface area contributed by atoms with Crippen molar-refractivity contribution in [2.45, 2.75) is 51.7 Å². The number of alkyl halides is 3. The summed E-state index contributed by atoms with van der Waals surface area (Å²) in [5.74, 6) is 0.0769. The van der Waals surface area contributed by atoms with Crippen LogP contribution in [0.5, 0.6) is 0 Å². The van der Waals surface area contributed by atoms with Crippen molar-refractivity contribution in [3.8, 4) is 0 Å². The lowest BCUT2D eigenvalue weighted by Crippen LogP contribution is -2.49. The molecular formula is C11H20F3N3. The van der Waals surface area contributed by atoms with Crippen LogP contribution in [0.15, 0.2) is 4.99 Å². The second kappa shape index (κ2) is 4.38. The molecule has 0 bridgehead atoms. The molecule has 3 nitrogen and oxygen atoms in total. The molecule has 1 aliphatic carbocycles. The van der Waals surface area contributed by atoms with Gasteiger partial charge in [0, 0.05) is 5.54 Å². The van der Waals surface area contributed by atoms with Gasteiger partial charge >= 0.3 is 6.18 Å². The minimum Gasteiger partial charge on any atom is -0.370 e. The van der Waals surface area contributed by atoms with Crippen molar-refractivity contribution in [3.05, 3.63) is 0 Å². The summed E-state index contributed by atoms with van der Waals surface area (Å²) in [5, 5.41) is 2.85. The number of guanidine groups is 1. The van der Waals surface area contributed by atoms with Crippen molar-refractivity contribution >= 4 is 5.96 Å². The highest BCUT2D eigenvalue weighted by Crippen LogP contribution is 2.53. The first kappa shape index (κ1) is 14.1. The van der Waals surface area contributed by atoms with E-state index in [1.807, 2.05) is 20.8 Å². The molecular weight excluding hydrogens is 231 g/mol. The zero-order chi connectivity index (χ0) is 13.3. The first-order chi connectivity index (χ1) is 7.56. The largest absolute Gasteiger partial charge is 0.396 e. The Kier molecular flexibility index (Phi) is 3.64. The summed E-state index contributed by atoms with van der Waals surface area (Å²) < 4.78 is 38.4. The molecule has 1 fully saturated rings. The summed E-state index contributed by atoms with van der Waals surface area (Å²) in [5.41, 5.74) is 3.63. The van der Waals surface area contributed by atoms with Crippen molar-refractivity contribution in [3.63, 3.8) is 0 Å². The molecule has 0 aromatic carbocycles. The third-order valence-electron chi connectivity index (χ3n) is 2.97. The Morgan fingerprint density at radius 1 is 1.29 bits per heavy atom. The maximum atomic E-state index is 12.8. The highest BCUT2D eigenvalue weighted by Gasteiger charge is 2.58. The number of nitrogens with two attached hydrogens (primary N) is 1. The molecule has 0 atom stereocenters. The summed E-state index contributed by atoms with van der Waals surface area (Å²) >= 11 is 0. The number of nitrogens with zero attached hydrogens (tertiary/aromatic N) is 1. The molecule has 0 amide bonds. The molecule has 0 spiro atoms. The van der Waals surface area contributed by atoms with E-state index in [2.05, 4.69) is 10.3 Å². The first-order valence-corrected chi connectivity index (χ1v) is 5.71. The van der Waals surface area contributed by atoms with Crippen molar-refractivity contribution < 1.29 is 13.2 Å². The van der Waals surface area contributed by atoms with Crippen molar-refractivity contribution in [1.82, 2.24) is 5.32 Å². The SMILES string of the molecule is CC(C)(C)NC(N)=NCC1(C(F)(F)F)CCC1. The van der Waals surface area contributed by atoms with Gasteiger partial charge in [-0.05, 0) is 33.6 Å². The van der Waals surface area contributed by atoms with Crippen LogP contribution in [0.2, 0.25) is 0 Å². The maximum absolute atomic E-state index is 12.8. The summed E-state index contributed by atoms with van der Waals surface area (Å²) in [6, 6.07) is 0. The average Bonchev–Trinajstić information content (AvgIpc) is 1.94. The zero-order valence-corrected chi connectivity index (χ0v) is 10.5. The highest BCUT2D eigenvalue weighted by molar-refractivity contribution is 5.78. The molecule has 1 saturated carbocycles. The molecule has 0 heterocycles. The Labute approximate surface area is 99.7 Å². The van der Waals surface area contributed by atoms with Gasteiger partial charge in [0.1, 0.15) is 0 Å². The minimum atomic E-state index is -4.18. The van der Waals surface area contributed by atoms with Gasteiger partial charge in [-0.2, -0.15) is 13.2 Å². The molecule has 0 aromatic heterocycles. The molecule has 3 N–H and O–H groups in total. The van der Waals surface area contributed by atoms with Crippen LogP contribution in [0, 0.1) is 5.41 Å². The summed E-state index contributed by atoms with van der Waals surface area (Å²) in [6.45, 7) is 5.35. The lowest BCUT2D eigenvalue weighted by molar-refractivity contribution is -0.245. The fourth-order valence-electron chi connectivity index (χ4n) is 1.80. The molecule has 0 aromatic rings. The molecule has 17 heavy (non-hydrogen) atoms. The van der Waals surface area contributed by atoms with Gasteiger partial charge in [0.2, 0.25) is 0 Å². The predicted octanol–water partition coefficient (Wildman–Crippen LogP) is 2.42. The Balaban J connectivity index is 2.62. The van der Waals surface area contributed by atoms with Crippen molar-refractivity contribution in [2.75, 3.05) is 6.54 Å². The Hall–Kier alpha value is -0.940. The van der Waals surface area contributed by atoms with E-state index in [4.69, 9.17) is 5.73 Å². The Morgan fingerprint density at radius 2 is 1.82 bits per heavy atom. The number of hydrogen-bond donors (Lipinski definition) is 2. The quantitative estimate of drug-likeness (QED) is 0.585. The molecule has 0 aliphatic heterocycles. The van der Waals surface area contributed by atoms with E-state index in [-0.39, 0.29) is 30.9 Å². The molecule has 0 saturated heterocycles. The van der Waals surface area contributed by atoms with Crippen LogP contribution in [-0.4, -0.2) is 24.2 Å². The second-order valence-electron chi connectivity index (χ2n) is 5.71. The maximum Gasteiger partial charge on any atom is 0.396 e. The predicted molar refractivity (Wildman–Crippen MR) is 61.7 cm³/mol. The molecule has 1 aliphatic rings. The lowest BCUT2D eigenvalue weighted by Gasteiger charge is -2.42. The van der Waals surface area contributed by atoms with Gasteiger partial charge in [-0.3, -0.25) is 4.99 Å². The van der Waals surface area contributed by atoms with E-state index in [0.29, 0.717) is 6.42 Å². The van der Waals surface area contributed by atoms with E-state index in [9.17, 15) is 13.2 Å². The van der Waals surface area contributed by atoms with Gasteiger partial charge in [0.25, 0.3) is 0 Å². The van der Waals surface area contributed by atoms with Crippen LogP contribution < -0.4 is 11.1 Å². The standard InChI is InChI=1S/C11H20F3N3/c1-9(2,3)17-8(15)16-7-10(5-4-6-10)11(12,13)14/h4-7H2,1-3H3,(H3,15,16,17). The van der Waals surface area contributed by atoms with Gasteiger partial charge in [-0.15, -0.1) is 0 Å². The van der Waals surface area contributed by atoms with E-state index in [0.717, 1.165) is 0 Å². The number of aliphatic imine (C=N–C) groups is 1. The smallest absolute Gasteiger partial charge is 0.370 e. The molecule has 100 valence electrons. The summed E-state index contributed by atoms with van der Waals surface area (Å²) in [7, 11) is 0. The first-order valence-electron chi connectivity index (χ1n) is 5.71. The second-order valence-corrected chi connectivity index (χ2v) is 5.71. The van der Waals surface area contributed by atoms with E-state index in [1.165, 1.54) is 0 Å². The van der Waals surface area contributed by atoms with Crippen LogP contribution in [-0.2, 0) is 0 Å². The Bertz CT molecular complexity index is 298. The van der Waals surface area contributed by atoms with Crippen molar-refractivity contribution in [1.29, 1.82) is 0 Å². The minimum absolute atomic E-state index is 0.0769. The van der Waals surface area contributed by atoms with Gasteiger partial charge < -0.3 is 11.1 Å². The van der Waals surface area contributed by atoms with E-state index < -0.39 is 11.6 Å².